The average molecular weight is 244 g/mol. The molecule has 0 saturated heterocycles. The summed E-state index contributed by atoms with van der Waals surface area (Å²) in [6.07, 6.45) is 0. The number of rotatable bonds is 4. The van der Waals surface area contributed by atoms with Gasteiger partial charge in [0.1, 0.15) is 5.82 Å². The van der Waals surface area contributed by atoms with Crippen molar-refractivity contribution in [2.45, 2.75) is 13.1 Å². The summed E-state index contributed by atoms with van der Waals surface area (Å²) in [4.78, 5) is 2.08. The van der Waals surface area contributed by atoms with Gasteiger partial charge in [-0.1, -0.05) is 24.3 Å². The topological polar surface area (TPSA) is 29.3 Å². The van der Waals surface area contributed by atoms with Gasteiger partial charge in [0.15, 0.2) is 0 Å². The minimum Gasteiger partial charge on any atom is -0.370 e. The first kappa shape index (κ1) is 12.6. The highest BCUT2D eigenvalue weighted by atomic mass is 19.1. The molecule has 3 heteroatoms. The van der Waals surface area contributed by atoms with Gasteiger partial charge in [-0.05, 0) is 35.4 Å². The van der Waals surface area contributed by atoms with Crippen LogP contribution in [0.5, 0.6) is 0 Å². The summed E-state index contributed by atoms with van der Waals surface area (Å²) in [6, 6.07) is 14.6. The zero-order valence-corrected chi connectivity index (χ0v) is 10.4. The van der Waals surface area contributed by atoms with Crippen LogP contribution in [-0.4, -0.2) is 7.05 Å². The Kier molecular flexibility index (Phi) is 3.95. The molecule has 0 radical (unpaired) electrons. The van der Waals surface area contributed by atoms with E-state index in [0.717, 1.165) is 17.8 Å². The van der Waals surface area contributed by atoms with Gasteiger partial charge in [0.05, 0.1) is 0 Å². The van der Waals surface area contributed by atoms with E-state index in [1.807, 2.05) is 25.2 Å². The van der Waals surface area contributed by atoms with E-state index in [9.17, 15) is 4.39 Å². The third-order valence-corrected chi connectivity index (χ3v) is 3.01. The molecule has 0 aromatic heterocycles. The first-order valence-electron chi connectivity index (χ1n) is 5.94. The highest BCUT2D eigenvalue weighted by Gasteiger charge is 2.05. The smallest absolute Gasteiger partial charge is 0.123 e. The maximum atomic E-state index is 12.9. The molecular weight excluding hydrogens is 227 g/mol. The van der Waals surface area contributed by atoms with Crippen molar-refractivity contribution in [1.29, 1.82) is 0 Å². The van der Waals surface area contributed by atoms with Crippen LogP contribution < -0.4 is 10.6 Å². The molecule has 0 spiro atoms. The minimum absolute atomic E-state index is 0.213. The number of nitrogens with two attached hydrogens (primary N) is 1. The average Bonchev–Trinajstić information content (AvgIpc) is 2.40. The number of hydrogen-bond donors (Lipinski definition) is 1. The molecule has 0 heterocycles. The number of halogens is 1. The predicted octanol–water partition coefficient (Wildman–Crippen LogP) is 2.92. The van der Waals surface area contributed by atoms with E-state index in [4.69, 9.17) is 5.73 Å². The zero-order chi connectivity index (χ0) is 13.0. The minimum atomic E-state index is -0.213. The summed E-state index contributed by atoms with van der Waals surface area (Å²) in [7, 11) is 1.99. The fourth-order valence-electron chi connectivity index (χ4n) is 1.95. The van der Waals surface area contributed by atoms with Crippen LogP contribution in [0.25, 0.3) is 0 Å². The van der Waals surface area contributed by atoms with E-state index in [2.05, 4.69) is 11.0 Å². The third kappa shape index (κ3) is 2.87. The maximum Gasteiger partial charge on any atom is 0.123 e. The van der Waals surface area contributed by atoms with Crippen LogP contribution in [0.2, 0.25) is 0 Å². The Bertz CT molecular complexity index is 508. The lowest BCUT2D eigenvalue weighted by atomic mass is 10.1. The van der Waals surface area contributed by atoms with Crippen molar-refractivity contribution >= 4 is 5.69 Å². The molecule has 0 unspecified atom stereocenters. The lowest BCUT2D eigenvalue weighted by molar-refractivity contribution is 0.627. The zero-order valence-electron chi connectivity index (χ0n) is 10.4. The van der Waals surface area contributed by atoms with Gasteiger partial charge < -0.3 is 10.6 Å². The highest BCUT2D eigenvalue weighted by Crippen LogP contribution is 2.17. The van der Waals surface area contributed by atoms with Crippen molar-refractivity contribution in [3.05, 3.63) is 65.5 Å². The highest BCUT2D eigenvalue weighted by molar-refractivity contribution is 5.46. The van der Waals surface area contributed by atoms with Gasteiger partial charge in [-0.3, -0.25) is 0 Å². The molecule has 0 fully saturated rings. The molecule has 18 heavy (non-hydrogen) atoms. The third-order valence-electron chi connectivity index (χ3n) is 3.01. The van der Waals surface area contributed by atoms with E-state index in [0.29, 0.717) is 6.54 Å². The Labute approximate surface area is 107 Å². The second-order valence-electron chi connectivity index (χ2n) is 4.31. The van der Waals surface area contributed by atoms with Crippen LogP contribution in [-0.2, 0) is 13.1 Å². The van der Waals surface area contributed by atoms with Crippen molar-refractivity contribution in [2.24, 2.45) is 5.73 Å². The molecule has 0 amide bonds. The normalized spacial score (nSPS) is 10.4. The van der Waals surface area contributed by atoms with Crippen molar-refractivity contribution in [1.82, 2.24) is 0 Å². The molecule has 2 aromatic carbocycles. The van der Waals surface area contributed by atoms with Gasteiger partial charge in [0.25, 0.3) is 0 Å². The molecule has 0 atom stereocenters. The largest absolute Gasteiger partial charge is 0.370 e. The molecule has 2 N–H and O–H groups in total. The molecule has 0 bridgehead atoms. The van der Waals surface area contributed by atoms with Crippen molar-refractivity contribution in [2.75, 3.05) is 11.9 Å². The molecule has 0 aliphatic rings. The fraction of sp³-hybridized carbons (Fsp3) is 0.200. The maximum absolute atomic E-state index is 12.9. The van der Waals surface area contributed by atoms with Crippen LogP contribution in [0, 0.1) is 5.82 Å². The number of nitrogens with zero attached hydrogens (tertiary/aromatic N) is 1. The van der Waals surface area contributed by atoms with E-state index in [-0.39, 0.29) is 5.82 Å². The Morgan fingerprint density at radius 3 is 2.22 bits per heavy atom. The van der Waals surface area contributed by atoms with Gasteiger partial charge >= 0.3 is 0 Å². The summed E-state index contributed by atoms with van der Waals surface area (Å²) in [5.74, 6) is -0.213. The molecule has 0 aliphatic carbocycles. The number of anilines is 1. The van der Waals surface area contributed by atoms with E-state index < -0.39 is 0 Å². The van der Waals surface area contributed by atoms with E-state index in [1.165, 1.54) is 17.7 Å². The van der Waals surface area contributed by atoms with Crippen LogP contribution in [0.1, 0.15) is 11.1 Å². The van der Waals surface area contributed by atoms with E-state index in [1.54, 1.807) is 12.1 Å². The molecule has 2 aromatic rings. The summed E-state index contributed by atoms with van der Waals surface area (Å²) in [5, 5.41) is 0. The lowest BCUT2D eigenvalue weighted by Crippen LogP contribution is -2.18. The molecule has 94 valence electrons. The van der Waals surface area contributed by atoms with Crippen molar-refractivity contribution in [3.63, 3.8) is 0 Å². The van der Waals surface area contributed by atoms with Gasteiger partial charge in [0.2, 0.25) is 0 Å². The van der Waals surface area contributed by atoms with Gasteiger partial charge in [-0.25, -0.2) is 4.39 Å². The molecule has 2 rings (SSSR count). The first-order chi connectivity index (χ1) is 8.70. The Morgan fingerprint density at radius 1 is 1.00 bits per heavy atom. The summed E-state index contributed by atoms with van der Waals surface area (Å²) in [6.45, 7) is 1.30. The first-order valence-corrected chi connectivity index (χ1v) is 5.94. The Balaban J connectivity index is 2.15. The second kappa shape index (κ2) is 5.65. The van der Waals surface area contributed by atoms with Crippen LogP contribution in [0.3, 0.4) is 0 Å². The second-order valence-corrected chi connectivity index (χ2v) is 4.31. The Morgan fingerprint density at radius 2 is 1.61 bits per heavy atom. The molecule has 0 saturated carbocycles. The number of hydrogen-bond acceptors (Lipinski definition) is 2. The lowest BCUT2D eigenvalue weighted by Gasteiger charge is -2.20. The van der Waals surface area contributed by atoms with Crippen molar-refractivity contribution < 1.29 is 4.39 Å². The fourth-order valence-corrected chi connectivity index (χ4v) is 1.95. The van der Waals surface area contributed by atoms with Gasteiger partial charge in [-0.15, -0.1) is 0 Å². The summed E-state index contributed by atoms with van der Waals surface area (Å²) < 4.78 is 12.9. The Hall–Kier alpha value is -1.87. The number of benzene rings is 2. The van der Waals surface area contributed by atoms with E-state index >= 15 is 0 Å². The monoisotopic (exact) mass is 244 g/mol. The van der Waals surface area contributed by atoms with Crippen LogP contribution in [0.15, 0.2) is 48.5 Å². The van der Waals surface area contributed by atoms with Crippen molar-refractivity contribution in [3.8, 4) is 0 Å². The quantitative estimate of drug-likeness (QED) is 0.896. The predicted molar refractivity (Wildman–Crippen MR) is 72.8 cm³/mol. The SMILES string of the molecule is CN(Cc1ccccc1CN)c1ccc(F)cc1. The van der Waals surface area contributed by atoms with Gasteiger partial charge in [-0.2, -0.15) is 0 Å². The summed E-state index contributed by atoms with van der Waals surface area (Å²) >= 11 is 0. The summed E-state index contributed by atoms with van der Waals surface area (Å²) in [5.41, 5.74) is 9.05. The molecule has 2 nitrogen and oxygen atoms in total. The molecular formula is C15H17FN2. The van der Waals surface area contributed by atoms with Gasteiger partial charge in [0, 0.05) is 25.8 Å². The van der Waals surface area contributed by atoms with Crippen LogP contribution in [0.4, 0.5) is 10.1 Å². The van der Waals surface area contributed by atoms with Crippen LogP contribution >= 0.6 is 0 Å². The standard InChI is InChI=1S/C15H17FN2/c1-18(15-8-6-14(16)7-9-15)11-13-5-3-2-4-12(13)10-17/h2-9H,10-11,17H2,1H3. The molecule has 0 aliphatic heterocycles.